The number of ether oxygens (including phenoxy) is 1. The number of hydrogen-bond acceptors (Lipinski definition) is 4. The zero-order valence-electron chi connectivity index (χ0n) is 10.4. The van der Waals surface area contributed by atoms with E-state index in [-0.39, 0.29) is 0 Å². The van der Waals surface area contributed by atoms with Crippen LogP contribution >= 0.6 is 15.9 Å². The lowest BCUT2D eigenvalue weighted by molar-refractivity contribution is 0.414. The molecule has 0 atom stereocenters. The zero-order valence-corrected chi connectivity index (χ0v) is 12.0. The summed E-state index contributed by atoms with van der Waals surface area (Å²) in [5.41, 5.74) is 1.74. The van der Waals surface area contributed by atoms with Gasteiger partial charge in [-0.2, -0.15) is 0 Å². The van der Waals surface area contributed by atoms with Gasteiger partial charge in [0.1, 0.15) is 12.0 Å². The Labute approximate surface area is 114 Å². The van der Waals surface area contributed by atoms with Crippen molar-refractivity contribution in [2.75, 3.05) is 13.7 Å². The first-order valence-corrected chi connectivity index (χ1v) is 6.53. The minimum atomic E-state index is 0.576. The Bertz CT molecular complexity index is 525. The Morgan fingerprint density at radius 2 is 2.28 bits per heavy atom. The summed E-state index contributed by atoms with van der Waals surface area (Å²) in [7, 11) is 1.63. The minimum Gasteiger partial charge on any atom is -0.496 e. The molecule has 2 aromatic rings. The normalized spacial score (nSPS) is 10.6. The molecule has 0 fully saturated rings. The maximum absolute atomic E-state index is 5.48. The summed E-state index contributed by atoms with van der Waals surface area (Å²) in [6.45, 7) is 3.67. The molecular weight excluding hydrogens is 296 g/mol. The molecule has 4 nitrogen and oxygen atoms in total. The largest absolute Gasteiger partial charge is 0.496 e. The molecule has 5 heteroatoms. The van der Waals surface area contributed by atoms with Crippen LogP contribution < -0.4 is 10.1 Å². The van der Waals surface area contributed by atoms with Gasteiger partial charge in [0.15, 0.2) is 0 Å². The highest BCUT2D eigenvalue weighted by Crippen LogP contribution is 2.31. The number of nitrogens with one attached hydrogen (secondary N) is 1. The van der Waals surface area contributed by atoms with E-state index in [1.165, 1.54) is 0 Å². The number of oxazole rings is 1. The smallest absolute Gasteiger partial charge is 0.229 e. The summed E-state index contributed by atoms with van der Waals surface area (Å²) in [5, 5.41) is 3.21. The Morgan fingerprint density at radius 1 is 1.44 bits per heavy atom. The highest BCUT2D eigenvalue weighted by molar-refractivity contribution is 9.10. The van der Waals surface area contributed by atoms with Gasteiger partial charge in [-0.1, -0.05) is 22.9 Å². The number of aromatic nitrogens is 1. The highest BCUT2D eigenvalue weighted by Gasteiger charge is 2.12. The molecule has 18 heavy (non-hydrogen) atoms. The maximum Gasteiger partial charge on any atom is 0.229 e. The van der Waals surface area contributed by atoms with E-state index in [1.54, 1.807) is 13.4 Å². The number of rotatable bonds is 5. The molecule has 0 amide bonds. The molecule has 0 saturated carbocycles. The van der Waals surface area contributed by atoms with Crippen LogP contribution in [0.3, 0.4) is 0 Å². The monoisotopic (exact) mass is 310 g/mol. The van der Waals surface area contributed by atoms with Gasteiger partial charge >= 0.3 is 0 Å². The van der Waals surface area contributed by atoms with Crippen molar-refractivity contribution in [2.45, 2.75) is 13.5 Å². The van der Waals surface area contributed by atoms with Gasteiger partial charge in [-0.3, -0.25) is 0 Å². The van der Waals surface area contributed by atoms with E-state index < -0.39 is 0 Å². The number of benzene rings is 1. The van der Waals surface area contributed by atoms with E-state index in [0.717, 1.165) is 28.0 Å². The van der Waals surface area contributed by atoms with Crippen molar-refractivity contribution in [1.82, 2.24) is 10.3 Å². The Morgan fingerprint density at radius 3 is 3.00 bits per heavy atom. The lowest BCUT2D eigenvalue weighted by atomic mass is 10.2. The Kier molecular flexibility index (Phi) is 4.38. The van der Waals surface area contributed by atoms with Gasteiger partial charge in [0.25, 0.3) is 0 Å². The summed E-state index contributed by atoms with van der Waals surface area (Å²) in [6.07, 6.45) is 1.67. The second kappa shape index (κ2) is 6.02. The number of nitrogens with zero attached hydrogens (tertiary/aromatic N) is 1. The topological polar surface area (TPSA) is 47.3 Å². The van der Waals surface area contributed by atoms with Crippen LogP contribution in [0.15, 0.2) is 33.4 Å². The average Bonchev–Trinajstić information content (AvgIpc) is 2.84. The molecule has 0 radical (unpaired) electrons. The summed E-state index contributed by atoms with van der Waals surface area (Å²) >= 11 is 3.41. The van der Waals surface area contributed by atoms with E-state index in [0.29, 0.717) is 12.4 Å². The average molecular weight is 311 g/mol. The van der Waals surface area contributed by atoms with Crippen LogP contribution in [0.4, 0.5) is 0 Å². The van der Waals surface area contributed by atoms with Crippen LogP contribution in [0.5, 0.6) is 5.75 Å². The molecule has 0 unspecified atom stereocenters. The van der Waals surface area contributed by atoms with Crippen molar-refractivity contribution in [3.8, 4) is 17.2 Å². The molecule has 0 aliphatic carbocycles. The molecule has 1 heterocycles. The third-order valence-electron chi connectivity index (χ3n) is 2.50. The van der Waals surface area contributed by atoms with E-state index in [9.17, 15) is 0 Å². The fourth-order valence-corrected chi connectivity index (χ4v) is 1.95. The van der Waals surface area contributed by atoms with Gasteiger partial charge in [0.2, 0.25) is 5.89 Å². The molecule has 1 aromatic heterocycles. The van der Waals surface area contributed by atoms with E-state index in [2.05, 4.69) is 33.2 Å². The van der Waals surface area contributed by atoms with Gasteiger partial charge in [-0.25, -0.2) is 4.98 Å². The van der Waals surface area contributed by atoms with Crippen molar-refractivity contribution in [3.63, 3.8) is 0 Å². The SMILES string of the molecule is CCNCc1coc(-c2ccc(Br)cc2OC)n1. The van der Waals surface area contributed by atoms with E-state index in [4.69, 9.17) is 9.15 Å². The lowest BCUT2D eigenvalue weighted by Crippen LogP contribution is -2.11. The van der Waals surface area contributed by atoms with Crippen LogP contribution in [-0.4, -0.2) is 18.6 Å². The number of hydrogen-bond donors (Lipinski definition) is 1. The van der Waals surface area contributed by atoms with Crippen LogP contribution in [0, 0.1) is 0 Å². The predicted octanol–water partition coefficient (Wildman–Crippen LogP) is 3.22. The predicted molar refractivity (Wildman–Crippen MR) is 73.6 cm³/mol. The molecule has 1 aromatic carbocycles. The van der Waals surface area contributed by atoms with Crippen molar-refractivity contribution < 1.29 is 9.15 Å². The standard InChI is InChI=1S/C13H15BrN2O2/c1-3-15-7-10-8-18-13(16-10)11-5-4-9(14)6-12(11)17-2/h4-6,8,15H,3,7H2,1-2H3. The van der Waals surface area contributed by atoms with Crippen molar-refractivity contribution in [2.24, 2.45) is 0 Å². The van der Waals surface area contributed by atoms with Gasteiger partial charge in [0, 0.05) is 11.0 Å². The van der Waals surface area contributed by atoms with Crippen LogP contribution in [-0.2, 0) is 6.54 Å². The first-order chi connectivity index (χ1) is 8.74. The molecule has 0 bridgehead atoms. The van der Waals surface area contributed by atoms with Crippen LogP contribution in [0.2, 0.25) is 0 Å². The lowest BCUT2D eigenvalue weighted by Gasteiger charge is -2.05. The first-order valence-electron chi connectivity index (χ1n) is 5.73. The van der Waals surface area contributed by atoms with Gasteiger partial charge in [-0.15, -0.1) is 0 Å². The van der Waals surface area contributed by atoms with Crippen LogP contribution in [0.1, 0.15) is 12.6 Å². The molecule has 1 N–H and O–H groups in total. The molecule has 0 aliphatic heterocycles. The number of halogens is 1. The van der Waals surface area contributed by atoms with Crippen molar-refractivity contribution in [3.05, 3.63) is 34.6 Å². The van der Waals surface area contributed by atoms with Gasteiger partial charge in [0.05, 0.1) is 18.4 Å². The fourth-order valence-electron chi connectivity index (χ4n) is 1.61. The summed E-state index contributed by atoms with van der Waals surface area (Å²) in [4.78, 5) is 4.43. The molecule has 96 valence electrons. The highest BCUT2D eigenvalue weighted by atomic mass is 79.9. The third kappa shape index (κ3) is 2.91. The fraction of sp³-hybridized carbons (Fsp3) is 0.308. The second-order valence-electron chi connectivity index (χ2n) is 3.77. The van der Waals surface area contributed by atoms with Crippen molar-refractivity contribution in [1.29, 1.82) is 0 Å². The van der Waals surface area contributed by atoms with E-state index >= 15 is 0 Å². The van der Waals surface area contributed by atoms with E-state index in [1.807, 2.05) is 18.2 Å². The maximum atomic E-state index is 5.48. The first kappa shape index (κ1) is 13.1. The van der Waals surface area contributed by atoms with Gasteiger partial charge in [-0.05, 0) is 24.7 Å². The Balaban J connectivity index is 2.28. The molecule has 2 rings (SSSR count). The third-order valence-corrected chi connectivity index (χ3v) is 3.00. The summed E-state index contributed by atoms with van der Waals surface area (Å²) < 4.78 is 11.8. The minimum absolute atomic E-state index is 0.576. The summed E-state index contributed by atoms with van der Waals surface area (Å²) in [5.74, 6) is 1.31. The Hall–Kier alpha value is -1.33. The summed E-state index contributed by atoms with van der Waals surface area (Å²) in [6, 6.07) is 5.75. The number of methoxy groups -OCH3 is 1. The zero-order chi connectivity index (χ0) is 13.0. The molecular formula is C13H15BrN2O2. The second-order valence-corrected chi connectivity index (χ2v) is 4.68. The van der Waals surface area contributed by atoms with Crippen molar-refractivity contribution >= 4 is 15.9 Å². The quantitative estimate of drug-likeness (QED) is 0.921. The molecule has 0 saturated heterocycles. The molecule has 0 aliphatic rings. The molecule has 0 spiro atoms. The van der Waals surface area contributed by atoms with Crippen LogP contribution in [0.25, 0.3) is 11.5 Å². The van der Waals surface area contributed by atoms with Gasteiger partial charge < -0.3 is 14.5 Å².